The van der Waals surface area contributed by atoms with Crippen molar-refractivity contribution in [3.05, 3.63) is 87.6 Å². The molecule has 0 aliphatic carbocycles. The summed E-state index contributed by atoms with van der Waals surface area (Å²) in [5, 5.41) is 3.99. The number of hydrogen-bond donors (Lipinski definition) is 2. The van der Waals surface area contributed by atoms with Crippen LogP contribution in [0.3, 0.4) is 0 Å². The molecule has 2 N–H and O–H groups in total. The van der Waals surface area contributed by atoms with E-state index < -0.39 is 26.0 Å². The minimum Gasteiger partial charge on any atom is -0.357 e. The maximum atomic E-state index is 13.8. The lowest BCUT2D eigenvalue weighted by molar-refractivity contribution is -0.110. The number of piperazine rings is 1. The number of H-pyrrole nitrogens is 1. The Morgan fingerprint density at radius 1 is 1.07 bits per heavy atom. The molecule has 0 radical (unpaired) electrons. The second-order valence-electron chi connectivity index (χ2n) is 11.3. The van der Waals surface area contributed by atoms with E-state index in [1.54, 1.807) is 36.1 Å². The van der Waals surface area contributed by atoms with Crippen molar-refractivity contribution in [3.8, 4) is 0 Å². The second-order valence-corrected chi connectivity index (χ2v) is 15.6. The molecule has 244 valence electrons. The molecule has 0 atom stereocenters. The maximum Gasteiger partial charge on any atom is 0.264 e. The van der Waals surface area contributed by atoms with Crippen LogP contribution in [0.25, 0.3) is 11.6 Å². The molecule has 2 aliphatic heterocycles. The van der Waals surface area contributed by atoms with Crippen LogP contribution in [0.1, 0.15) is 32.9 Å². The van der Waals surface area contributed by atoms with Gasteiger partial charge in [0.1, 0.15) is 0 Å². The number of carbonyl (C=O) groups excluding carboxylic acids is 2. The third kappa shape index (κ3) is 6.35. The minimum absolute atomic E-state index is 0.0396. The van der Waals surface area contributed by atoms with Crippen molar-refractivity contribution in [1.82, 2.24) is 19.1 Å². The topological polar surface area (TPSA) is 143 Å². The number of amides is 2. The van der Waals surface area contributed by atoms with E-state index in [0.717, 1.165) is 14.0 Å². The van der Waals surface area contributed by atoms with Gasteiger partial charge in [-0.25, -0.2) is 16.8 Å². The second kappa shape index (κ2) is 12.7. The van der Waals surface area contributed by atoms with Gasteiger partial charge in [-0.15, -0.1) is 0 Å². The number of benzene rings is 2. The first kappa shape index (κ1) is 33.4. The zero-order valence-corrected chi connectivity index (χ0v) is 28.3. The molecular weight excluding hydrogens is 652 g/mol. The number of nitrogens with one attached hydrogen (secondary N) is 2. The van der Waals surface area contributed by atoms with Gasteiger partial charge in [0, 0.05) is 73.3 Å². The summed E-state index contributed by atoms with van der Waals surface area (Å²) >= 11 is 6.09. The summed E-state index contributed by atoms with van der Waals surface area (Å²) in [6.07, 6.45) is 1.56. The van der Waals surface area contributed by atoms with Crippen molar-refractivity contribution in [1.29, 1.82) is 0 Å². The first-order valence-electron chi connectivity index (χ1n) is 14.3. The Hall–Kier alpha value is -3.95. The number of anilines is 2. The van der Waals surface area contributed by atoms with Gasteiger partial charge in [0.05, 0.1) is 28.3 Å². The van der Waals surface area contributed by atoms with Crippen LogP contribution in [0.4, 0.5) is 11.4 Å². The van der Waals surface area contributed by atoms with Gasteiger partial charge < -0.3 is 20.1 Å². The van der Waals surface area contributed by atoms with Gasteiger partial charge in [-0.05, 0) is 62.0 Å². The van der Waals surface area contributed by atoms with Crippen LogP contribution >= 0.6 is 11.6 Å². The Bertz CT molecular complexity index is 1980. The quantitative estimate of drug-likeness (QED) is 0.328. The van der Waals surface area contributed by atoms with E-state index >= 15 is 0 Å². The highest BCUT2D eigenvalue weighted by atomic mass is 35.5. The SMILES string of the molecule is C=CS(=O)(=O)N(C)Cc1[nH]c(/C=C2\C(=O)Nc3ccc(S(=O)(=O)N(C)c4cccc(Cl)c4)cc32)c(C)c1C(=O)N1CCN(C)CC1. The molecule has 0 unspecified atom stereocenters. The zero-order chi connectivity index (χ0) is 33.6. The third-order valence-electron chi connectivity index (χ3n) is 8.29. The van der Waals surface area contributed by atoms with Crippen LogP contribution in [-0.2, 0) is 31.4 Å². The summed E-state index contributed by atoms with van der Waals surface area (Å²) in [6, 6.07) is 10.8. The number of hydrogen-bond acceptors (Lipinski definition) is 7. The molecule has 0 bridgehead atoms. The molecule has 2 aliphatic rings. The molecule has 15 heteroatoms. The number of aromatic nitrogens is 1. The number of likely N-dealkylation sites (N-methyl/N-ethyl adjacent to an activating group) is 1. The Morgan fingerprint density at radius 2 is 1.76 bits per heavy atom. The lowest BCUT2D eigenvalue weighted by atomic mass is 10.0. The maximum absolute atomic E-state index is 13.8. The van der Waals surface area contributed by atoms with E-state index in [4.69, 9.17) is 11.6 Å². The number of aromatic amines is 1. The Morgan fingerprint density at radius 3 is 2.41 bits per heavy atom. The highest BCUT2D eigenvalue weighted by Crippen LogP contribution is 2.37. The van der Waals surface area contributed by atoms with Crippen LogP contribution in [0.5, 0.6) is 0 Å². The summed E-state index contributed by atoms with van der Waals surface area (Å²) < 4.78 is 54.4. The Balaban J connectivity index is 1.57. The third-order valence-corrected chi connectivity index (χ3v) is 11.7. The molecule has 2 amide bonds. The van der Waals surface area contributed by atoms with Crippen LogP contribution in [0.15, 0.2) is 59.3 Å². The number of nitrogens with zero attached hydrogens (tertiary/aromatic N) is 4. The van der Waals surface area contributed by atoms with Gasteiger partial charge in [-0.2, -0.15) is 4.31 Å². The summed E-state index contributed by atoms with van der Waals surface area (Å²) in [5.74, 6) is -0.707. The number of fused-ring (bicyclic) bond motifs is 1. The van der Waals surface area contributed by atoms with E-state index in [0.29, 0.717) is 70.7 Å². The molecule has 2 aromatic carbocycles. The molecule has 1 saturated heterocycles. The van der Waals surface area contributed by atoms with E-state index in [9.17, 15) is 26.4 Å². The lowest BCUT2D eigenvalue weighted by Gasteiger charge is -2.32. The predicted molar refractivity (Wildman–Crippen MR) is 179 cm³/mol. The van der Waals surface area contributed by atoms with Gasteiger partial charge >= 0.3 is 0 Å². The summed E-state index contributed by atoms with van der Waals surface area (Å²) in [6.45, 7) is 7.37. The lowest BCUT2D eigenvalue weighted by Crippen LogP contribution is -2.47. The average Bonchev–Trinajstić information content (AvgIpc) is 3.50. The van der Waals surface area contributed by atoms with Gasteiger partial charge in [0.2, 0.25) is 10.0 Å². The van der Waals surface area contributed by atoms with Crippen molar-refractivity contribution in [2.24, 2.45) is 0 Å². The molecule has 0 saturated carbocycles. The Kier molecular flexibility index (Phi) is 9.21. The first-order chi connectivity index (χ1) is 21.6. The first-order valence-corrected chi connectivity index (χ1v) is 17.7. The van der Waals surface area contributed by atoms with Gasteiger partial charge in [0.25, 0.3) is 21.8 Å². The molecule has 1 aromatic heterocycles. The van der Waals surface area contributed by atoms with Crippen LogP contribution in [-0.4, -0.2) is 95.1 Å². The molecule has 3 heterocycles. The molecule has 0 spiro atoms. The fraction of sp³-hybridized carbons (Fsp3) is 0.290. The average molecular weight is 687 g/mol. The molecule has 5 rings (SSSR count). The highest BCUT2D eigenvalue weighted by Gasteiger charge is 2.32. The van der Waals surface area contributed by atoms with Crippen molar-refractivity contribution in [3.63, 3.8) is 0 Å². The van der Waals surface area contributed by atoms with Crippen molar-refractivity contribution >= 4 is 66.5 Å². The van der Waals surface area contributed by atoms with E-state index in [1.807, 2.05) is 7.05 Å². The van der Waals surface area contributed by atoms with Crippen LogP contribution in [0.2, 0.25) is 5.02 Å². The molecule has 12 nitrogen and oxygen atoms in total. The summed E-state index contributed by atoms with van der Waals surface area (Å²) in [5.41, 5.74) is 2.96. The minimum atomic E-state index is -4.04. The number of rotatable bonds is 9. The van der Waals surface area contributed by atoms with E-state index in [-0.39, 0.29) is 22.9 Å². The number of carbonyl (C=O) groups is 2. The fourth-order valence-corrected chi connectivity index (χ4v) is 7.39. The van der Waals surface area contributed by atoms with E-state index in [1.165, 1.54) is 38.4 Å². The smallest absolute Gasteiger partial charge is 0.264 e. The van der Waals surface area contributed by atoms with Crippen molar-refractivity contribution in [2.75, 3.05) is 56.9 Å². The van der Waals surface area contributed by atoms with Gasteiger partial charge in [0.15, 0.2) is 0 Å². The summed E-state index contributed by atoms with van der Waals surface area (Å²) in [4.78, 5) is 34.0. The highest BCUT2D eigenvalue weighted by molar-refractivity contribution is 7.92. The monoisotopic (exact) mass is 686 g/mol. The van der Waals surface area contributed by atoms with Gasteiger partial charge in [-0.1, -0.05) is 24.2 Å². The Labute approximate surface area is 274 Å². The normalized spacial score (nSPS) is 16.5. The fourth-order valence-electron chi connectivity index (χ4n) is 5.42. The molecule has 3 aromatic rings. The standard InChI is InChI=1S/C31H35ClN6O6S2/c1-6-45(41,42)36(4)19-28-29(31(40)38-14-12-35(3)13-15-38)20(2)27(33-28)18-25-24-17-23(10-11-26(24)34-30(25)39)46(43,44)37(5)22-9-7-8-21(32)16-22/h6-11,16-18,33H,1,12-15,19H2,2-5H3,(H,34,39)/b25-18-. The molecule has 46 heavy (non-hydrogen) atoms. The zero-order valence-electron chi connectivity index (χ0n) is 25.9. The van der Waals surface area contributed by atoms with Crippen molar-refractivity contribution in [2.45, 2.75) is 18.4 Å². The van der Waals surface area contributed by atoms with E-state index in [2.05, 4.69) is 21.8 Å². The van der Waals surface area contributed by atoms with Crippen LogP contribution < -0.4 is 9.62 Å². The van der Waals surface area contributed by atoms with Crippen LogP contribution in [0, 0.1) is 6.92 Å². The van der Waals surface area contributed by atoms with Gasteiger partial charge in [-0.3, -0.25) is 13.9 Å². The number of halogens is 1. The molecule has 1 fully saturated rings. The number of sulfonamides is 2. The largest absolute Gasteiger partial charge is 0.357 e. The molecular formula is C31H35ClN6O6S2. The predicted octanol–water partition coefficient (Wildman–Crippen LogP) is 3.59. The van der Waals surface area contributed by atoms with Crippen molar-refractivity contribution < 1.29 is 26.4 Å². The summed E-state index contributed by atoms with van der Waals surface area (Å²) in [7, 11) is -3.05.